The van der Waals surface area contributed by atoms with E-state index in [0.717, 1.165) is 70.3 Å². The lowest BCUT2D eigenvalue weighted by Crippen LogP contribution is -2.44. The van der Waals surface area contributed by atoms with Gasteiger partial charge < -0.3 is 20.3 Å². The highest BCUT2D eigenvalue weighted by Gasteiger charge is 2.20. The molecule has 0 aromatic heterocycles. The van der Waals surface area contributed by atoms with Gasteiger partial charge in [-0.1, -0.05) is 13.8 Å². The number of nitrogens with one attached hydrogen (secondary N) is 2. The number of guanidine groups is 1. The van der Waals surface area contributed by atoms with Gasteiger partial charge in [0.15, 0.2) is 5.96 Å². The zero-order chi connectivity index (χ0) is 18.6. The summed E-state index contributed by atoms with van der Waals surface area (Å²) in [6.07, 6.45) is 3.80. The molecule has 26 heavy (non-hydrogen) atoms. The summed E-state index contributed by atoms with van der Waals surface area (Å²) in [5.74, 6) is 2.67. The fraction of sp³-hybridized carbons (Fsp3) is 0.950. The Labute approximate surface area is 160 Å². The first-order valence-electron chi connectivity index (χ1n) is 10.7. The maximum atomic E-state index is 5.40. The Morgan fingerprint density at radius 2 is 1.73 bits per heavy atom. The first kappa shape index (κ1) is 21.5. The van der Waals surface area contributed by atoms with Crippen LogP contribution in [0.3, 0.4) is 0 Å². The van der Waals surface area contributed by atoms with Crippen LogP contribution in [-0.2, 0) is 4.74 Å². The number of hydrogen-bond acceptors (Lipinski definition) is 4. The molecule has 0 spiro atoms. The summed E-state index contributed by atoms with van der Waals surface area (Å²) in [7, 11) is 0. The van der Waals surface area contributed by atoms with E-state index in [1.54, 1.807) is 0 Å². The van der Waals surface area contributed by atoms with Crippen LogP contribution in [0.5, 0.6) is 0 Å². The topological polar surface area (TPSA) is 52.1 Å². The molecule has 2 saturated heterocycles. The molecule has 2 unspecified atom stereocenters. The van der Waals surface area contributed by atoms with Gasteiger partial charge in [0.1, 0.15) is 0 Å². The minimum Gasteiger partial charge on any atom is -0.379 e. The highest BCUT2D eigenvalue weighted by Crippen LogP contribution is 2.20. The molecule has 6 heteroatoms. The van der Waals surface area contributed by atoms with Crippen LogP contribution in [0.4, 0.5) is 0 Å². The molecule has 152 valence electrons. The van der Waals surface area contributed by atoms with Crippen molar-refractivity contribution in [3.05, 3.63) is 0 Å². The van der Waals surface area contributed by atoms with E-state index < -0.39 is 0 Å². The Morgan fingerprint density at radius 1 is 1.00 bits per heavy atom. The summed E-state index contributed by atoms with van der Waals surface area (Å²) in [6, 6.07) is 0. The number of likely N-dealkylation sites (tertiary alicyclic amines) is 1. The number of rotatable bonds is 9. The lowest BCUT2D eigenvalue weighted by molar-refractivity contribution is 0.0389. The zero-order valence-electron chi connectivity index (χ0n) is 17.3. The molecule has 0 amide bonds. The summed E-state index contributed by atoms with van der Waals surface area (Å²) in [6.45, 7) is 18.3. The van der Waals surface area contributed by atoms with E-state index in [1.807, 2.05) is 0 Å². The van der Waals surface area contributed by atoms with Crippen LogP contribution >= 0.6 is 0 Å². The largest absolute Gasteiger partial charge is 0.379 e. The van der Waals surface area contributed by atoms with Crippen molar-refractivity contribution in [2.24, 2.45) is 16.8 Å². The molecule has 0 aliphatic carbocycles. The third kappa shape index (κ3) is 8.69. The summed E-state index contributed by atoms with van der Waals surface area (Å²) in [5, 5.41) is 6.82. The van der Waals surface area contributed by atoms with Gasteiger partial charge in [-0.15, -0.1) is 0 Å². The monoisotopic (exact) mass is 367 g/mol. The average molecular weight is 368 g/mol. The van der Waals surface area contributed by atoms with Crippen molar-refractivity contribution in [3.63, 3.8) is 0 Å². The molecule has 2 heterocycles. The van der Waals surface area contributed by atoms with Crippen LogP contribution in [0.2, 0.25) is 0 Å². The molecule has 2 fully saturated rings. The third-order valence-electron chi connectivity index (χ3n) is 5.27. The van der Waals surface area contributed by atoms with Crippen molar-refractivity contribution >= 4 is 5.96 Å². The lowest BCUT2D eigenvalue weighted by atomic mass is 9.92. The second kappa shape index (κ2) is 12.5. The Morgan fingerprint density at radius 3 is 2.42 bits per heavy atom. The maximum Gasteiger partial charge on any atom is 0.191 e. The summed E-state index contributed by atoms with van der Waals surface area (Å²) in [5.41, 5.74) is 0. The van der Waals surface area contributed by atoms with Gasteiger partial charge in [-0.3, -0.25) is 9.89 Å². The molecule has 6 nitrogen and oxygen atoms in total. The van der Waals surface area contributed by atoms with Crippen LogP contribution in [0.15, 0.2) is 4.99 Å². The fourth-order valence-corrected chi connectivity index (χ4v) is 4.11. The van der Waals surface area contributed by atoms with Gasteiger partial charge in [-0.2, -0.15) is 0 Å². The fourth-order valence-electron chi connectivity index (χ4n) is 4.11. The minimum absolute atomic E-state index is 0.854. The van der Waals surface area contributed by atoms with Crippen molar-refractivity contribution < 1.29 is 4.74 Å². The van der Waals surface area contributed by atoms with E-state index in [9.17, 15) is 0 Å². The molecule has 2 N–H and O–H groups in total. The molecule has 0 aromatic carbocycles. The van der Waals surface area contributed by atoms with Gasteiger partial charge in [0, 0.05) is 52.4 Å². The third-order valence-corrected chi connectivity index (χ3v) is 5.27. The smallest absolute Gasteiger partial charge is 0.191 e. The van der Waals surface area contributed by atoms with E-state index in [-0.39, 0.29) is 0 Å². The Kier molecular flexibility index (Phi) is 10.3. The molecular formula is C20H41N5O. The Bertz CT molecular complexity index is 388. The second-order valence-electron chi connectivity index (χ2n) is 8.05. The zero-order valence-corrected chi connectivity index (χ0v) is 17.3. The van der Waals surface area contributed by atoms with E-state index in [4.69, 9.17) is 9.73 Å². The molecule has 2 rings (SSSR count). The maximum absolute atomic E-state index is 5.40. The number of hydrogen-bond donors (Lipinski definition) is 2. The van der Waals surface area contributed by atoms with Crippen molar-refractivity contribution in [1.29, 1.82) is 0 Å². The van der Waals surface area contributed by atoms with Crippen molar-refractivity contribution in [3.8, 4) is 0 Å². The molecule has 0 saturated carbocycles. The van der Waals surface area contributed by atoms with Gasteiger partial charge >= 0.3 is 0 Å². The molecular weight excluding hydrogens is 326 g/mol. The van der Waals surface area contributed by atoms with Gasteiger partial charge in [0.05, 0.1) is 13.2 Å². The van der Waals surface area contributed by atoms with Gasteiger partial charge in [-0.25, -0.2) is 0 Å². The van der Waals surface area contributed by atoms with Crippen LogP contribution in [0.1, 0.15) is 40.0 Å². The summed E-state index contributed by atoms with van der Waals surface area (Å²) in [4.78, 5) is 9.83. The molecule has 0 radical (unpaired) electrons. The highest BCUT2D eigenvalue weighted by atomic mass is 16.5. The van der Waals surface area contributed by atoms with Crippen LogP contribution in [0.25, 0.3) is 0 Å². The number of nitrogens with zero attached hydrogens (tertiary/aromatic N) is 3. The molecule has 2 aliphatic rings. The van der Waals surface area contributed by atoms with Crippen molar-refractivity contribution in [1.82, 2.24) is 20.4 Å². The number of aliphatic imine (C=N–C) groups is 1. The van der Waals surface area contributed by atoms with Gasteiger partial charge in [0.2, 0.25) is 0 Å². The molecule has 0 bridgehead atoms. The SMILES string of the molecule is CCNC(=NCCCCN1CC(C)CC(C)C1)NCCN1CCOCC1. The first-order chi connectivity index (χ1) is 12.7. The summed E-state index contributed by atoms with van der Waals surface area (Å²) >= 11 is 0. The van der Waals surface area contributed by atoms with E-state index in [1.165, 1.54) is 38.9 Å². The van der Waals surface area contributed by atoms with Crippen molar-refractivity contribution in [2.75, 3.05) is 72.1 Å². The molecule has 2 aliphatic heterocycles. The predicted octanol–water partition coefficient (Wildman–Crippen LogP) is 1.63. The molecule has 0 aromatic rings. The number of unbranched alkanes of at least 4 members (excludes halogenated alkanes) is 1. The summed E-state index contributed by atoms with van der Waals surface area (Å²) < 4.78 is 5.40. The normalized spacial score (nSPS) is 26.0. The van der Waals surface area contributed by atoms with E-state index in [2.05, 4.69) is 41.2 Å². The van der Waals surface area contributed by atoms with Gasteiger partial charge in [-0.05, 0) is 44.6 Å². The van der Waals surface area contributed by atoms with Crippen LogP contribution in [0, 0.1) is 11.8 Å². The quantitative estimate of drug-likeness (QED) is 0.369. The van der Waals surface area contributed by atoms with E-state index >= 15 is 0 Å². The second-order valence-corrected chi connectivity index (χ2v) is 8.05. The predicted molar refractivity (Wildman–Crippen MR) is 110 cm³/mol. The number of morpholine rings is 1. The number of piperidine rings is 1. The standard InChI is InChI=1S/C20H41N5O/c1-4-21-20(23-8-10-24-11-13-26-14-12-24)22-7-5-6-9-25-16-18(2)15-19(3)17-25/h18-19H,4-17H2,1-3H3,(H2,21,22,23). The Hall–Kier alpha value is -0.850. The minimum atomic E-state index is 0.854. The van der Waals surface area contributed by atoms with E-state index in [0.29, 0.717) is 0 Å². The number of ether oxygens (including phenoxy) is 1. The lowest BCUT2D eigenvalue weighted by Gasteiger charge is -2.34. The Balaban J connectivity index is 1.58. The van der Waals surface area contributed by atoms with Gasteiger partial charge in [0.25, 0.3) is 0 Å². The molecule has 2 atom stereocenters. The first-order valence-corrected chi connectivity index (χ1v) is 10.7. The van der Waals surface area contributed by atoms with Crippen molar-refractivity contribution in [2.45, 2.75) is 40.0 Å². The average Bonchev–Trinajstić information content (AvgIpc) is 2.61. The van der Waals surface area contributed by atoms with Crippen LogP contribution < -0.4 is 10.6 Å². The van der Waals surface area contributed by atoms with Crippen LogP contribution in [-0.4, -0.2) is 87.9 Å². The highest BCUT2D eigenvalue weighted by molar-refractivity contribution is 5.79.